The molecule has 6 nitrogen and oxygen atoms in total. The van der Waals surface area contributed by atoms with Crippen molar-refractivity contribution in [1.82, 2.24) is 0 Å². The van der Waals surface area contributed by atoms with Gasteiger partial charge in [-0.05, 0) is 0 Å². The molecule has 1 aliphatic rings. The van der Waals surface area contributed by atoms with Gasteiger partial charge < -0.3 is 30.9 Å². The number of aliphatic hydroxyl groups excluding tert-OH is 4. The Balaban J connectivity index is 2.63. The zero-order chi connectivity index (χ0) is 9.30. The van der Waals surface area contributed by atoms with Crippen molar-refractivity contribution >= 4 is 0 Å². The maximum Gasteiger partial charge on any atom is 0.183 e. The molecule has 0 amide bonds. The first-order valence-corrected chi connectivity index (χ1v) is 3.64. The van der Waals surface area contributed by atoms with E-state index in [1.807, 2.05) is 0 Å². The highest BCUT2D eigenvalue weighted by molar-refractivity contribution is 4.90. The fourth-order valence-electron chi connectivity index (χ4n) is 1.13. The number of nitrogens with two attached hydrogens (primary N) is 1. The van der Waals surface area contributed by atoms with Crippen LogP contribution in [0.1, 0.15) is 0 Å². The van der Waals surface area contributed by atoms with Crippen LogP contribution in [0.3, 0.4) is 0 Å². The first-order chi connectivity index (χ1) is 5.57. The fourth-order valence-corrected chi connectivity index (χ4v) is 1.13. The van der Waals surface area contributed by atoms with Gasteiger partial charge in [0.2, 0.25) is 0 Å². The monoisotopic (exact) mass is 179 g/mol. The minimum Gasteiger partial charge on any atom is -0.394 e. The zero-order valence-electron chi connectivity index (χ0n) is 6.37. The molecule has 1 aliphatic heterocycles. The maximum atomic E-state index is 9.19. The van der Waals surface area contributed by atoms with Crippen LogP contribution < -0.4 is 5.73 Å². The number of rotatable bonds is 1. The van der Waals surface area contributed by atoms with Gasteiger partial charge in [-0.25, -0.2) is 0 Å². The summed E-state index contributed by atoms with van der Waals surface area (Å²) in [6.45, 7) is -0.401. The van der Waals surface area contributed by atoms with Gasteiger partial charge in [-0.2, -0.15) is 0 Å². The van der Waals surface area contributed by atoms with Gasteiger partial charge in [-0.15, -0.1) is 0 Å². The van der Waals surface area contributed by atoms with Crippen LogP contribution in [0, 0.1) is 0 Å². The Kier molecular flexibility index (Phi) is 2.99. The normalized spacial score (nSPS) is 49.2. The molecular formula is C6H13NO5. The van der Waals surface area contributed by atoms with Crippen LogP contribution in [0.15, 0.2) is 0 Å². The molecule has 6 N–H and O–H groups in total. The molecule has 1 fully saturated rings. The van der Waals surface area contributed by atoms with Gasteiger partial charge in [-0.3, -0.25) is 0 Å². The predicted molar refractivity (Wildman–Crippen MR) is 38.0 cm³/mol. The summed E-state index contributed by atoms with van der Waals surface area (Å²) in [5, 5.41) is 35.9. The molecule has 0 unspecified atom stereocenters. The van der Waals surface area contributed by atoms with Crippen molar-refractivity contribution in [2.24, 2.45) is 5.73 Å². The lowest BCUT2D eigenvalue weighted by molar-refractivity contribution is -0.258. The quantitative estimate of drug-likeness (QED) is 0.288. The van der Waals surface area contributed by atoms with Crippen molar-refractivity contribution in [2.75, 3.05) is 6.61 Å². The van der Waals surface area contributed by atoms with Crippen LogP contribution in [0.25, 0.3) is 0 Å². The van der Waals surface area contributed by atoms with Gasteiger partial charge >= 0.3 is 0 Å². The van der Waals surface area contributed by atoms with Crippen LogP contribution in [0.5, 0.6) is 0 Å². The molecule has 72 valence electrons. The molecule has 1 saturated heterocycles. The van der Waals surface area contributed by atoms with E-state index in [0.717, 1.165) is 0 Å². The predicted octanol–water partition coefficient (Wildman–Crippen LogP) is -3.26. The van der Waals surface area contributed by atoms with E-state index in [2.05, 4.69) is 0 Å². The molecule has 1 rings (SSSR count). The van der Waals surface area contributed by atoms with Crippen LogP contribution in [0.2, 0.25) is 0 Å². The lowest BCUT2D eigenvalue weighted by atomic mass is 9.98. The van der Waals surface area contributed by atoms with Gasteiger partial charge in [0.15, 0.2) is 6.29 Å². The van der Waals surface area contributed by atoms with E-state index in [0.29, 0.717) is 0 Å². The Bertz CT molecular complexity index is 150. The van der Waals surface area contributed by atoms with E-state index in [1.165, 1.54) is 0 Å². The Labute approximate surface area is 69.2 Å². The van der Waals surface area contributed by atoms with Crippen LogP contribution in [0.4, 0.5) is 0 Å². The van der Waals surface area contributed by atoms with Crippen molar-refractivity contribution in [2.45, 2.75) is 30.6 Å². The zero-order valence-corrected chi connectivity index (χ0v) is 6.37. The van der Waals surface area contributed by atoms with E-state index in [-0.39, 0.29) is 0 Å². The average molecular weight is 179 g/mol. The third kappa shape index (κ3) is 1.58. The summed E-state index contributed by atoms with van der Waals surface area (Å²) >= 11 is 0. The third-order valence-electron chi connectivity index (χ3n) is 1.96. The fraction of sp³-hybridized carbons (Fsp3) is 1.00. The van der Waals surface area contributed by atoms with Crippen LogP contribution in [-0.2, 0) is 4.74 Å². The minimum atomic E-state index is -1.49. The van der Waals surface area contributed by atoms with Crippen LogP contribution in [-0.4, -0.2) is 57.7 Å². The minimum absolute atomic E-state index is 0.401. The van der Waals surface area contributed by atoms with Crippen molar-refractivity contribution in [3.63, 3.8) is 0 Å². The van der Waals surface area contributed by atoms with E-state index in [9.17, 15) is 5.11 Å². The van der Waals surface area contributed by atoms with Gasteiger partial charge in [-0.1, -0.05) is 0 Å². The molecule has 12 heavy (non-hydrogen) atoms. The van der Waals surface area contributed by atoms with Crippen molar-refractivity contribution in [3.8, 4) is 0 Å². The standard InChI is InChI=1S/C6H13NO5/c7-3-2(1-8)12-6(11)5(10)4(3)9/h2-6,8-11H,1,7H2/t2-,3-,4+,5-,6-/m1/s1. The average Bonchev–Trinajstić information content (AvgIpc) is 2.08. The summed E-state index contributed by atoms with van der Waals surface area (Å²) in [5.74, 6) is 0. The smallest absolute Gasteiger partial charge is 0.183 e. The lowest BCUT2D eigenvalue weighted by Gasteiger charge is -2.38. The van der Waals surface area contributed by atoms with E-state index < -0.39 is 37.3 Å². The Morgan fingerprint density at radius 2 is 1.75 bits per heavy atom. The second kappa shape index (κ2) is 3.65. The number of ether oxygens (including phenoxy) is 1. The summed E-state index contributed by atoms with van der Waals surface area (Å²) in [7, 11) is 0. The molecule has 6 heteroatoms. The van der Waals surface area contributed by atoms with Crippen molar-refractivity contribution in [1.29, 1.82) is 0 Å². The first-order valence-electron chi connectivity index (χ1n) is 3.64. The molecule has 5 atom stereocenters. The highest BCUT2D eigenvalue weighted by Crippen LogP contribution is 2.17. The van der Waals surface area contributed by atoms with Crippen molar-refractivity contribution in [3.05, 3.63) is 0 Å². The summed E-state index contributed by atoms with van der Waals surface area (Å²) in [6.07, 6.45) is -5.01. The first kappa shape index (κ1) is 9.85. The molecule has 0 aromatic heterocycles. The van der Waals surface area contributed by atoms with Gasteiger partial charge in [0.05, 0.1) is 12.6 Å². The highest BCUT2D eigenvalue weighted by atomic mass is 16.6. The number of hydrogen-bond donors (Lipinski definition) is 5. The van der Waals surface area contributed by atoms with Crippen LogP contribution >= 0.6 is 0 Å². The molecule has 0 aliphatic carbocycles. The summed E-state index contributed by atoms with van der Waals surface area (Å²) < 4.78 is 4.70. The van der Waals surface area contributed by atoms with Gasteiger partial charge in [0.25, 0.3) is 0 Å². The molecule has 0 aromatic carbocycles. The molecule has 0 aromatic rings. The van der Waals surface area contributed by atoms with E-state index in [4.69, 9.17) is 25.8 Å². The molecule has 0 spiro atoms. The van der Waals surface area contributed by atoms with Gasteiger partial charge in [0.1, 0.15) is 18.3 Å². The maximum absolute atomic E-state index is 9.19. The second-order valence-corrected chi connectivity index (χ2v) is 2.81. The number of aliphatic hydroxyl groups is 4. The highest BCUT2D eigenvalue weighted by Gasteiger charge is 2.41. The largest absolute Gasteiger partial charge is 0.394 e. The molecule has 0 radical (unpaired) electrons. The topological polar surface area (TPSA) is 116 Å². The molecule has 0 saturated carbocycles. The summed E-state index contributed by atoms with van der Waals surface area (Å²) in [4.78, 5) is 0. The Hall–Kier alpha value is -0.240. The summed E-state index contributed by atoms with van der Waals surface area (Å²) in [6, 6.07) is -0.881. The second-order valence-electron chi connectivity index (χ2n) is 2.81. The SMILES string of the molecule is N[C@H]1[C@H](O)[C@@H](O)[C@H](O)O[C@@H]1CO. The molecule has 1 heterocycles. The third-order valence-corrected chi connectivity index (χ3v) is 1.96. The lowest BCUT2D eigenvalue weighted by Crippen LogP contribution is -2.61. The van der Waals surface area contributed by atoms with Crippen molar-refractivity contribution < 1.29 is 25.2 Å². The Morgan fingerprint density at radius 3 is 2.25 bits per heavy atom. The summed E-state index contributed by atoms with van der Waals surface area (Å²) in [5.41, 5.74) is 5.38. The van der Waals surface area contributed by atoms with E-state index in [1.54, 1.807) is 0 Å². The number of hydrogen-bond acceptors (Lipinski definition) is 6. The molecule has 0 bridgehead atoms. The Morgan fingerprint density at radius 1 is 1.17 bits per heavy atom. The van der Waals surface area contributed by atoms with Gasteiger partial charge in [0, 0.05) is 0 Å². The van der Waals surface area contributed by atoms with E-state index >= 15 is 0 Å². The molecular weight excluding hydrogens is 166 g/mol.